The molecule has 0 spiro atoms. The number of esters is 1. The predicted octanol–water partition coefficient (Wildman–Crippen LogP) is 3.13. The van der Waals surface area contributed by atoms with Crippen molar-refractivity contribution in [3.63, 3.8) is 0 Å². The molecule has 1 fully saturated rings. The van der Waals surface area contributed by atoms with Gasteiger partial charge in [0, 0.05) is 23.4 Å². The molecule has 1 saturated carbocycles. The summed E-state index contributed by atoms with van der Waals surface area (Å²) in [6.45, 7) is 1.53. The Morgan fingerprint density at radius 1 is 1.09 bits per heavy atom. The van der Waals surface area contributed by atoms with Crippen LogP contribution < -0.4 is 10.7 Å². The molecule has 13 heteroatoms. The van der Waals surface area contributed by atoms with Gasteiger partial charge in [0.15, 0.2) is 0 Å². The first-order valence-electron chi connectivity index (χ1n) is 10.2. The zero-order valence-electron chi connectivity index (χ0n) is 18.1. The molecule has 0 bridgehead atoms. The fourth-order valence-electron chi connectivity index (χ4n) is 3.46. The predicted molar refractivity (Wildman–Crippen MR) is 116 cm³/mol. The number of carbonyl (C=O) groups is 3. The number of nitro benzene ring substituents is 1. The van der Waals surface area contributed by atoms with Gasteiger partial charge < -0.3 is 10.1 Å². The fourth-order valence-corrected chi connectivity index (χ4v) is 3.46. The Kier molecular flexibility index (Phi) is 7.47. The van der Waals surface area contributed by atoms with E-state index >= 15 is 0 Å². The van der Waals surface area contributed by atoms with Crippen molar-refractivity contribution < 1.29 is 37.2 Å². The number of hydrazone groups is 1. The van der Waals surface area contributed by atoms with Crippen molar-refractivity contribution in [1.82, 2.24) is 5.43 Å². The molecule has 0 radical (unpaired) electrons. The Morgan fingerprint density at radius 2 is 1.77 bits per heavy atom. The van der Waals surface area contributed by atoms with E-state index in [2.05, 4.69) is 15.8 Å². The second kappa shape index (κ2) is 10.3. The summed E-state index contributed by atoms with van der Waals surface area (Å²) in [5, 5.41) is 16.8. The minimum absolute atomic E-state index is 0.00339. The van der Waals surface area contributed by atoms with Crippen LogP contribution in [0.5, 0.6) is 0 Å². The topological polar surface area (TPSA) is 140 Å². The molecular formula is C22H19F3N4O6. The maximum atomic E-state index is 12.9. The summed E-state index contributed by atoms with van der Waals surface area (Å²) in [7, 11) is 0. The molecule has 35 heavy (non-hydrogen) atoms. The highest BCUT2D eigenvalue weighted by Crippen LogP contribution is 2.48. The van der Waals surface area contributed by atoms with E-state index in [0.717, 1.165) is 24.4 Å². The maximum absolute atomic E-state index is 12.9. The number of carbonyl (C=O) groups excluding carboxylic acids is 3. The summed E-state index contributed by atoms with van der Waals surface area (Å²) in [4.78, 5) is 47.7. The number of nitro groups is 1. The van der Waals surface area contributed by atoms with Gasteiger partial charge in [-0.15, -0.1) is 0 Å². The van der Waals surface area contributed by atoms with Gasteiger partial charge in [-0.25, -0.2) is 5.43 Å². The van der Waals surface area contributed by atoms with Crippen LogP contribution in [-0.4, -0.2) is 35.5 Å². The Labute approximate surface area is 196 Å². The van der Waals surface area contributed by atoms with Gasteiger partial charge in [-0.05, 0) is 25.1 Å². The molecule has 2 aromatic carbocycles. The van der Waals surface area contributed by atoms with E-state index in [9.17, 15) is 37.7 Å². The molecule has 2 N–H and O–H groups in total. The van der Waals surface area contributed by atoms with E-state index in [0.29, 0.717) is 5.56 Å². The van der Waals surface area contributed by atoms with Gasteiger partial charge in [-0.2, -0.15) is 18.3 Å². The zero-order valence-corrected chi connectivity index (χ0v) is 18.1. The molecule has 0 saturated heterocycles. The van der Waals surface area contributed by atoms with E-state index in [1.165, 1.54) is 37.3 Å². The number of hydrogen-bond acceptors (Lipinski definition) is 7. The van der Waals surface area contributed by atoms with Crippen molar-refractivity contribution in [1.29, 1.82) is 0 Å². The van der Waals surface area contributed by atoms with Crippen LogP contribution in [0.4, 0.5) is 24.5 Å². The van der Waals surface area contributed by atoms with E-state index in [-0.39, 0.29) is 18.0 Å². The zero-order chi connectivity index (χ0) is 25.8. The van der Waals surface area contributed by atoms with Gasteiger partial charge in [0.2, 0.25) is 11.8 Å². The summed E-state index contributed by atoms with van der Waals surface area (Å²) in [5.41, 5.74) is 1.18. The van der Waals surface area contributed by atoms with Crippen molar-refractivity contribution in [2.75, 3.05) is 11.9 Å². The lowest BCUT2D eigenvalue weighted by Gasteiger charge is -2.10. The van der Waals surface area contributed by atoms with E-state index in [1.807, 2.05) is 0 Å². The Morgan fingerprint density at radius 3 is 2.43 bits per heavy atom. The minimum Gasteiger partial charge on any atom is -0.466 e. The largest absolute Gasteiger partial charge is 0.466 e. The number of anilines is 1. The lowest BCUT2D eigenvalue weighted by Crippen LogP contribution is -2.24. The van der Waals surface area contributed by atoms with Gasteiger partial charge in [0.05, 0.1) is 41.1 Å². The number of amides is 2. The van der Waals surface area contributed by atoms with E-state index in [1.54, 1.807) is 0 Å². The maximum Gasteiger partial charge on any atom is 0.416 e. The number of non-ortho nitro benzene ring substituents is 1. The van der Waals surface area contributed by atoms with Crippen LogP contribution in [-0.2, 0) is 25.3 Å². The number of halogens is 3. The van der Waals surface area contributed by atoms with Gasteiger partial charge in [0.1, 0.15) is 0 Å². The van der Waals surface area contributed by atoms with Crippen molar-refractivity contribution in [3.8, 4) is 0 Å². The average Bonchev–Trinajstić information content (AvgIpc) is 3.55. The third-order valence-corrected chi connectivity index (χ3v) is 5.11. The Bertz CT molecular complexity index is 1180. The third-order valence-electron chi connectivity index (χ3n) is 5.11. The summed E-state index contributed by atoms with van der Waals surface area (Å²) in [5.74, 6) is -5.92. The molecule has 3 rings (SSSR count). The summed E-state index contributed by atoms with van der Waals surface area (Å²) in [6.07, 6.45) is -3.47. The standard InChI is InChI=1S/C22H19F3N4O6/c1-2-35-21(32)18-16(19(30)27-14-7-4-6-13(10-14)22(23,24)25)17(18)20(31)28-26-11-12-5-3-8-15(9-12)29(33)34/h3-11,16-18H,2H2,1H3,(H,27,30)(H,28,31)/b26-11+/t16-,17-,18-/m0/s1. The van der Waals surface area contributed by atoms with Gasteiger partial charge in [-0.3, -0.25) is 24.5 Å². The summed E-state index contributed by atoms with van der Waals surface area (Å²) >= 11 is 0. The highest BCUT2D eigenvalue weighted by Gasteiger charge is 2.63. The van der Waals surface area contributed by atoms with E-state index < -0.39 is 52.2 Å². The number of hydrogen-bond donors (Lipinski definition) is 2. The van der Waals surface area contributed by atoms with Crippen molar-refractivity contribution in [2.24, 2.45) is 22.9 Å². The van der Waals surface area contributed by atoms with Crippen LogP contribution in [0.15, 0.2) is 53.6 Å². The molecule has 184 valence electrons. The van der Waals surface area contributed by atoms with Gasteiger partial charge in [-0.1, -0.05) is 18.2 Å². The Balaban J connectivity index is 1.70. The number of rotatable bonds is 8. The summed E-state index contributed by atoms with van der Waals surface area (Å²) in [6, 6.07) is 9.35. The molecule has 2 amide bonds. The quantitative estimate of drug-likeness (QED) is 0.251. The normalized spacial score (nSPS) is 19.1. The number of alkyl halides is 3. The average molecular weight is 492 g/mol. The molecule has 2 aromatic rings. The second-order valence-corrected chi connectivity index (χ2v) is 7.48. The molecule has 1 aliphatic carbocycles. The molecular weight excluding hydrogens is 473 g/mol. The number of nitrogens with one attached hydrogen (secondary N) is 2. The van der Waals surface area contributed by atoms with Gasteiger partial charge in [0.25, 0.3) is 5.69 Å². The number of benzene rings is 2. The molecule has 0 unspecified atom stereocenters. The molecule has 0 aromatic heterocycles. The van der Waals surface area contributed by atoms with Crippen LogP contribution in [0.3, 0.4) is 0 Å². The van der Waals surface area contributed by atoms with Crippen molar-refractivity contribution in [3.05, 3.63) is 69.8 Å². The molecule has 3 atom stereocenters. The first kappa shape index (κ1) is 25.3. The monoisotopic (exact) mass is 492 g/mol. The van der Waals surface area contributed by atoms with Crippen LogP contribution >= 0.6 is 0 Å². The highest BCUT2D eigenvalue weighted by molar-refractivity contribution is 6.05. The number of ether oxygens (including phenoxy) is 1. The SMILES string of the molecule is CCOC(=O)[C@@H]1[C@@H](C(=O)N/N=C/c2cccc([N+](=O)[O-])c2)[C@@H]1C(=O)Nc1cccc(C(F)(F)F)c1. The summed E-state index contributed by atoms with van der Waals surface area (Å²) < 4.78 is 43.7. The molecule has 0 heterocycles. The lowest BCUT2D eigenvalue weighted by molar-refractivity contribution is -0.384. The van der Waals surface area contributed by atoms with Crippen LogP contribution in [0.2, 0.25) is 0 Å². The first-order chi connectivity index (χ1) is 16.5. The van der Waals surface area contributed by atoms with Crippen LogP contribution in [0, 0.1) is 27.9 Å². The Hall–Kier alpha value is -4.29. The van der Waals surface area contributed by atoms with Crippen LogP contribution in [0.25, 0.3) is 0 Å². The van der Waals surface area contributed by atoms with Crippen LogP contribution in [0.1, 0.15) is 18.1 Å². The van der Waals surface area contributed by atoms with E-state index in [4.69, 9.17) is 4.74 Å². The highest BCUT2D eigenvalue weighted by atomic mass is 19.4. The van der Waals surface area contributed by atoms with Crippen molar-refractivity contribution >= 4 is 35.4 Å². The minimum atomic E-state index is -4.62. The number of nitrogens with zero attached hydrogens (tertiary/aromatic N) is 2. The third kappa shape index (κ3) is 6.19. The molecule has 10 nitrogen and oxygen atoms in total. The van der Waals surface area contributed by atoms with Gasteiger partial charge >= 0.3 is 12.1 Å². The first-order valence-corrected chi connectivity index (χ1v) is 10.2. The smallest absolute Gasteiger partial charge is 0.416 e. The molecule has 1 aliphatic rings. The molecule has 0 aliphatic heterocycles. The lowest BCUT2D eigenvalue weighted by atomic mass is 10.2. The fraction of sp³-hybridized carbons (Fsp3) is 0.273. The van der Waals surface area contributed by atoms with Crippen molar-refractivity contribution in [2.45, 2.75) is 13.1 Å². The second-order valence-electron chi connectivity index (χ2n) is 7.48.